The molecule has 9 heteroatoms. The molecule has 0 saturated carbocycles. The highest BCUT2D eigenvalue weighted by molar-refractivity contribution is 5.57. The molecule has 0 unspecified atom stereocenters. The van der Waals surface area contributed by atoms with Gasteiger partial charge in [-0.15, -0.1) is 0 Å². The van der Waals surface area contributed by atoms with Crippen LogP contribution in [0, 0.1) is 13.8 Å². The van der Waals surface area contributed by atoms with E-state index in [9.17, 15) is 0 Å². The summed E-state index contributed by atoms with van der Waals surface area (Å²) in [7, 11) is 0. The molecule has 4 heterocycles. The molecule has 1 fully saturated rings. The second kappa shape index (κ2) is 6.95. The summed E-state index contributed by atoms with van der Waals surface area (Å²) in [5.74, 6) is 4.47. The van der Waals surface area contributed by atoms with Gasteiger partial charge in [-0.3, -0.25) is 0 Å². The van der Waals surface area contributed by atoms with Crippen LogP contribution < -0.4 is 15.1 Å². The third kappa shape index (κ3) is 3.56. The van der Waals surface area contributed by atoms with Gasteiger partial charge in [0.1, 0.15) is 23.2 Å². The topological polar surface area (TPSA) is 96.1 Å². The Morgan fingerprint density at radius 1 is 0.923 bits per heavy atom. The summed E-state index contributed by atoms with van der Waals surface area (Å²) in [5.41, 5.74) is 0. The van der Waals surface area contributed by atoms with Gasteiger partial charge in [-0.05, 0) is 19.9 Å². The summed E-state index contributed by atoms with van der Waals surface area (Å²) >= 11 is 0. The lowest BCUT2D eigenvalue weighted by Gasteiger charge is -2.35. The minimum absolute atomic E-state index is 0.637. The minimum atomic E-state index is 0.637. The first-order valence-electron chi connectivity index (χ1n) is 8.50. The molecular formula is C17H20N8O. The third-order valence-corrected chi connectivity index (χ3v) is 4.15. The lowest BCUT2D eigenvalue weighted by molar-refractivity contribution is 0.400. The van der Waals surface area contributed by atoms with E-state index < -0.39 is 0 Å². The third-order valence-electron chi connectivity index (χ3n) is 4.15. The fourth-order valence-corrected chi connectivity index (χ4v) is 2.92. The van der Waals surface area contributed by atoms with Crippen molar-refractivity contribution in [2.45, 2.75) is 13.8 Å². The molecule has 1 aliphatic heterocycles. The Morgan fingerprint density at radius 2 is 1.65 bits per heavy atom. The van der Waals surface area contributed by atoms with Crippen molar-refractivity contribution in [3.63, 3.8) is 0 Å². The zero-order valence-corrected chi connectivity index (χ0v) is 14.8. The van der Waals surface area contributed by atoms with Gasteiger partial charge in [0, 0.05) is 50.7 Å². The number of hydrogen-bond acceptors (Lipinski definition) is 9. The number of piperazine rings is 1. The van der Waals surface area contributed by atoms with Crippen molar-refractivity contribution in [3.05, 3.63) is 42.2 Å². The van der Waals surface area contributed by atoms with E-state index in [-0.39, 0.29) is 0 Å². The first-order chi connectivity index (χ1) is 12.7. The number of anilines is 4. The van der Waals surface area contributed by atoms with Gasteiger partial charge in [0.15, 0.2) is 5.82 Å². The number of aryl methyl sites for hydroxylation is 2. The zero-order valence-electron chi connectivity index (χ0n) is 14.8. The first-order valence-corrected chi connectivity index (χ1v) is 8.50. The summed E-state index contributed by atoms with van der Waals surface area (Å²) in [6, 6.07) is 5.59. The number of hydrogen-bond donors (Lipinski definition) is 1. The Bertz CT molecular complexity index is 873. The van der Waals surface area contributed by atoms with E-state index in [1.165, 1.54) is 0 Å². The van der Waals surface area contributed by atoms with Crippen LogP contribution in [-0.4, -0.2) is 51.3 Å². The largest absolute Gasteiger partial charge is 0.360 e. The molecule has 0 aliphatic carbocycles. The summed E-state index contributed by atoms with van der Waals surface area (Å²) in [4.78, 5) is 22.1. The molecule has 0 radical (unpaired) electrons. The molecule has 9 nitrogen and oxygen atoms in total. The highest BCUT2D eigenvalue weighted by Crippen LogP contribution is 2.21. The van der Waals surface area contributed by atoms with Crippen molar-refractivity contribution < 1.29 is 4.52 Å². The average molecular weight is 352 g/mol. The average Bonchev–Trinajstić information content (AvgIpc) is 3.07. The van der Waals surface area contributed by atoms with E-state index >= 15 is 0 Å². The van der Waals surface area contributed by atoms with Crippen LogP contribution in [-0.2, 0) is 0 Å². The monoisotopic (exact) mass is 352 g/mol. The van der Waals surface area contributed by atoms with Gasteiger partial charge >= 0.3 is 0 Å². The quantitative estimate of drug-likeness (QED) is 0.755. The molecule has 0 spiro atoms. The van der Waals surface area contributed by atoms with Crippen LogP contribution in [0.1, 0.15) is 11.6 Å². The smallest absolute Gasteiger partial charge is 0.225 e. The maximum Gasteiger partial charge on any atom is 0.225 e. The number of nitrogens with zero attached hydrogens (tertiary/aromatic N) is 7. The predicted octanol–water partition coefficient (Wildman–Crippen LogP) is 1.94. The van der Waals surface area contributed by atoms with Crippen molar-refractivity contribution in [1.29, 1.82) is 0 Å². The molecule has 0 bridgehead atoms. The Hall–Kier alpha value is -3.23. The molecule has 0 amide bonds. The summed E-state index contributed by atoms with van der Waals surface area (Å²) in [6.45, 7) is 7.12. The molecule has 1 aliphatic rings. The van der Waals surface area contributed by atoms with Crippen LogP contribution in [0.25, 0.3) is 0 Å². The Kier molecular flexibility index (Phi) is 4.34. The van der Waals surface area contributed by atoms with Gasteiger partial charge < -0.3 is 19.6 Å². The van der Waals surface area contributed by atoms with Crippen molar-refractivity contribution in [3.8, 4) is 0 Å². The second-order valence-corrected chi connectivity index (χ2v) is 6.13. The van der Waals surface area contributed by atoms with Gasteiger partial charge in [0.25, 0.3) is 0 Å². The Balaban J connectivity index is 1.46. The standard InChI is InChI=1S/C17H20N8O/c1-12-10-15(23-26-12)22-14-11-16(21-13(2)20-14)24-6-8-25(9-7-24)17-18-4-3-5-19-17/h3-5,10-11H,6-9H2,1-2H3,(H,20,21,22,23). The van der Waals surface area contributed by atoms with Crippen molar-refractivity contribution in [2.24, 2.45) is 0 Å². The van der Waals surface area contributed by atoms with Crippen LogP contribution in [0.2, 0.25) is 0 Å². The van der Waals surface area contributed by atoms with Crippen LogP contribution in [0.3, 0.4) is 0 Å². The molecule has 1 saturated heterocycles. The lowest BCUT2D eigenvalue weighted by atomic mass is 10.3. The lowest BCUT2D eigenvalue weighted by Crippen LogP contribution is -2.47. The van der Waals surface area contributed by atoms with Gasteiger partial charge in [0.2, 0.25) is 5.95 Å². The number of aromatic nitrogens is 5. The molecule has 3 aromatic rings. The zero-order chi connectivity index (χ0) is 17.9. The van der Waals surface area contributed by atoms with Crippen molar-refractivity contribution in [2.75, 3.05) is 41.3 Å². The molecule has 134 valence electrons. The maximum atomic E-state index is 5.08. The second-order valence-electron chi connectivity index (χ2n) is 6.13. The first kappa shape index (κ1) is 16.2. The minimum Gasteiger partial charge on any atom is -0.360 e. The Morgan fingerprint density at radius 3 is 2.35 bits per heavy atom. The number of nitrogens with one attached hydrogen (secondary N) is 1. The molecule has 4 rings (SSSR count). The Labute approximate surface area is 151 Å². The highest BCUT2D eigenvalue weighted by atomic mass is 16.5. The summed E-state index contributed by atoms with van der Waals surface area (Å²) < 4.78 is 5.08. The van der Waals surface area contributed by atoms with Gasteiger partial charge in [0.05, 0.1) is 0 Å². The van der Waals surface area contributed by atoms with Crippen LogP contribution in [0.15, 0.2) is 35.1 Å². The van der Waals surface area contributed by atoms with E-state index in [1.807, 2.05) is 32.0 Å². The fraction of sp³-hybridized carbons (Fsp3) is 0.353. The van der Waals surface area contributed by atoms with Gasteiger partial charge in [-0.25, -0.2) is 19.9 Å². The molecule has 0 atom stereocenters. The normalized spacial score (nSPS) is 14.5. The van der Waals surface area contributed by atoms with Crippen molar-refractivity contribution in [1.82, 2.24) is 25.1 Å². The van der Waals surface area contributed by atoms with Crippen LogP contribution in [0.5, 0.6) is 0 Å². The summed E-state index contributed by atoms with van der Waals surface area (Å²) in [6.07, 6.45) is 3.54. The van der Waals surface area contributed by atoms with E-state index in [0.29, 0.717) is 17.5 Å². The maximum absolute atomic E-state index is 5.08. The van der Waals surface area contributed by atoms with E-state index in [4.69, 9.17) is 4.52 Å². The number of rotatable bonds is 4. The van der Waals surface area contributed by atoms with E-state index in [0.717, 1.165) is 43.7 Å². The highest BCUT2D eigenvalue weighted by Gasteiger charge is 2.20. The predicted molar refractivity (Wildman–Crippen MR) is 97.7 cm³/mol. The molecule has 26 heavy (non-hydrogen) atoms. The molecular weight excluding hydrogens is 332 g/mol. The fourth-order valence-electron chi connectivity index (χ4n) is 2.92. The van der Waals surface area contributed by atoms with Crippen LogP contribution >= 0.6 is 0 Å². The van der Waals surface area contributed by atoms with Gasteiger partial charge in [-0.2, -0.15) is 0 Å². The van der Waals surface area contributed by atoms with Crippen molar-refractivity contribution >= 4 is 23.4 Å². The van der Waals surface area contributed by atoms with Gasteiger partial charge in [-0.1, -0.05) is 5.16 Å². The SMILES string of the molecule is Cc1nc(Nc2cc(C)on2)cc(N2CCN(c3ncccn3)CC2)n1. The molecule has 3 aromatic heterocycles. The summed E-state index contributed by atoms with van der Waals surface area (Å²) in [5, 5.41) is 7.11. The van der Waals surface area contributed by atoms with E-state index in [1.54, 1.807) is 12.4 Å². The van der Waals surface area contributed by atoms with Crippen LogP contribution in [0.4, 0.5) is 23.4 Å². The molecule has 0 aromatic carbocycles. The molecule has 1 N–H and O–H groups in total. The van der Waals surface area contributed by atoms with E-state index in [2.05, 4.69) is 40.2 Å².